The molecule has 1 heterocycles. The first-order chi connectivity index (χ1) is 10.2. The van der Waals surface area contributed by atoms with Gasteiger partial charge in [-0.15, -0.1) is 0 Å². The van der Waals surface area contributed by atoms with Crippen LogP contribution >= 0.6 is 0 Å². The lowest BCUT2D eigenvalue weighted by Gasteiger charge is -2.33. The van der Waals surface area contributed by atoms with Gasteiger partial charge in [0.25, 0.3) is 6.47 Å². The Morgan fingerprint density at radius 3 is 2.57 bits per heavy atom. The van der Waals surface area contributed by atoms with E-state index >= 15 is 0 Å². The van der Waals surface area contributed by atoms with Crippen molar-refractivity contribution in [3.63, 3.8) is 0 Å². The first kappa shape index (κ1) is 15.8. The lowest BCUT2D eigenvalue weighted by atomic mass is 9.81. The van der Waals surface area contributed by atoms with Crippen LogP contribution in [0.4, 0.5) is 0 Å². The second-order valence-electron chi connectivity index (χ2n) is 5.89. The van der Waals surface area contributed by atoms with Gasteiger partial charge in [-0.3, -0.25) is 4.79 Å². The van der Waals surface area contributed by atoms with Gasteiger partial charge in [-0.25, -0.2) is 0 Å². The number of aryl methyl sites for hydroxylation is 1. The maximum Gasteiger partial charge on any atom is 0.290 e. The van der Waals surface area contributed by atoms with Crippen LogP contribution in [0.5, 0.6) is 0 Å². The van der Waals surface area contributed by atoms with Gasteiger partial charge in [0.1, 0.15) is 0 Å². The number of hydrogen-bond acceptors (Lipinski definition) is 2. The van der Waals surface area contributed by atoms with E-state index in [1.54, 1.807) is 11.1 Å². The molecule has 1 aliphatic carbocycles. The second-order valence-corrected chi connectivity index (χ2v) is 5.89. The molecule has 3 nitrogen and oxygen atoms in total. The van der Waals surface area contributed by atoms with Crippen molar-refractivity contribution in [3.8, 4) is 0 Å². The molecule has 0 saturated heterocycles. The summed E-state index contributed by atoms with van der Waals surface area (Å²) in [4.78, 5) is 8.36. The van der Waals surface area contributed by atoms with Crippen molar-refractivity contribution >= 4 is 6.47 Å². The Morgan fingerprint density at radius 1 is 1.19 bits per heavy atom. The molecule has 2 aliphatic rings. The zero-order valence-electron chi connectivity index (χ0n) is 12.8. The Labute approximate surface area is 127 Å². The zero-order valence-corrected chi connectivity index (χ0v) is 12.8. The highest BCUT2D eigenvalue weighted by molar-refractivity contribution is 5.32. The van der Waals surface area contributed by atoms with E-state index in [1.165, 1.54) is 56.2 Å². The molecule has 0 saturated carbocycles. The van der Waals surface area contributed by atoms with E-state index in [1.807, 2.05) is 0 Å². The standard InChI is InChI=1S/C17H23N.CH2O2/c1-13-6-8-14(9-7-13)12-17-16-5-3-2-4-15(16)10-11-18-17;2-1-3/h6-9,17-18H,2-5,10-12H2,1H3;1H,(H,2,3). The lowest BCUT2D eigenvalue weighted by molar-refractivity contribution is -0.122. The molecule has 0 spiro atoms. The molecule has 114 valence electrons. The van der Waals surface area contributed by atoms with Crippen molar-refractivity contribution in [2.45, 2.75) is 51.5 Å². The molecule has 1 unspecified atom stereocenters. The van der Waals surface area contributed by atoms with Crippen molar-refractivity contribution < 1.29 is 9.90 Å². The van der Waals surface area contributed by atoms with Gasteiger partial charge in [0.15, 0.2) is 0 Å². The van der Waals surface area contributed by atoms with Gasteiger partial charge in [0.05, 0.1) is 0 Å². The molecule has 1 aliphatic heterocycles. The van der Waals surface area contributed by atoms with Gasteiger partial charge in [-0.1, -0.05) is 41.0 Å². The summed E-state index contributed by atoms with van der Waals surface area (Å²) in [5, 5.41) is 10.6. The molecule has 0 radical (unpaired) electrons. The zero-order chi connectivity index (χ0) is 15.1. The Morgan fingerprint density at radius 2 is 1.86 bits per heavy atom. The summed E-state index contributed by atoms with van der Waals surface area (Å²) >= 11 is 0. The van der Waals surface area contributed by atoms with Gasteiger partial charge >= 0.3 is 0 Å². The number of rotatable bonds is 2. The van der Waals surface area contributed by atoms with Crippen molar-refractivity contribution in [1.82, 2.24) is 5.32 Å². The van der Waals surface area contributed by atoms with Crippen LogP contribution in [0.15, 0.2) is 35.4 Å². The normalized spacial score (nSPS) is 21.1. The molecular formula is C18H25NO2. The van der Waals surface area contributed by atoms with Gasteiger partial charge in [0, 0.05) is 6.04 Å². The van der Waals surface area contributed by atoms with E-state index in [4.69, 9.17) is 9.90 Å². The molecule has 0 fully saturated rings. The Balaban J connectivity index is 0.000000497. The van der Waals surface area contributed by atoms with Crippen LogP contribution in [0.3, 0.4) is 0 Å². The quantitative estimate of drug-likeness (QED) is 0.647. The van der Waals surface area contributed by atoms with E-state index in [9.17, 15) is 0 Å². The van der Waals surface area contributed by atoms with Gasteiger partial charge in [0.2, 0.25) is 0 Å². The van der Waals surface area contributed by atoms with Crippen LogP contribution in [0, 0.1) is 6.92 Å². The fourth-order valence-corrected chi connectivity index (χ4v) is 3.37. The summed E-state index contributed by atoms with van der Waals surface area (Å²) in [7, 11) is 0. The third-order valence-corrected chi connectivity index (χ3v) is 4.43. The van der Waals surface area contributed by atoms with Crippen LogP contribution in [0.2, 0.25) is 0 Å². The molecule has 21 heavy (non-hydrogen) atoms. The van der Waals surface area contributed by atoms with Crippen molar-refractivity contribution in [2.75, 3.05) is 6.54 Å². The smallest absolute Gasteiger partial charge is 0.290 e. The molecule has 1 aromatic rings. The Bertz CT molecular complexity index is 486. The minimum atomic E-state index is -0.250. The minimum absolute atomic E-state index is 0.250. The predicted molar refractivity (Wildman–Crippen MR) is 85.5 cm³/mol. The summed E-state index contributed by atoms with van der Waals surface area (Å²) < 4.78 is 0. The molecule has 1 aromatic carbocycles. The average Bonchev–Trinajstić information content (AvgIpc) is 2.51. The maximum absolute atomic E-state index is 8.36. The number of carbonyl (C=O) groups is 1. The molecule has 0 bridgehead atoms. The predicted octanol–water partition coefficient (Wildman–Crippen LogP) is 3.47. The van der Waals surface area contributed by atoms with Gasteiger partial charge < -0.3 is 10.4 Å². The van der Waals surface area contributed by atoms with E-state index in [-0.39, 0.29) is 6.47 Å². The summed E-state index contributed by atoms with van der Waals surface area (Å²) in [5.74, 6) is 0. The monoisotopic (exact) mass is 287 g/mol. The first-order valence-corrected chi connectivity index (χ1v) is 7.82. The van der Waals surface area contributed by atoms with Crippen LogP contribution < -0.4 is 5.32 Å². The highest BCUT2D eigenvalue weighted by Gasteiger charge is 2.24. The van der Waals surface area contributed by atoms with Crippen molar-refractivity contribution in [3.05, 3.63) is 46.5 Å². The number of carboxylic acid groups (broad SMARTS) is 1. The van der Waals surface area contributed by atoms with E-state index in [2.05, 4.69) is 36.5 Å². The van der Waals surface area contributed by atoms with E-state index in [0.29, 0.717) is 6.04 Å². The lowest BCUT2D eigenvalue weighted by Crippen LogP contribution is -2.39. The largest absolute Gasteiger partial charge is 0.483 e. The molecule has 3 rings (SSSR count). The van der Waals surface area contributed by atoms with Gasteiger partial charge in [-0.2, -0.15) is 0 Å². The molecule has 0 aromatic heterocycles. The van der Waals surface area contributed by atoms with Crippen LogP contribution in [-0.2, 0) is 11.2 Å². The summed E-state index contributed by atoms with van der Waals surface area (Å²) in [6.07, 6.45) is 7.96. The van der Waals surface area contributed by atoms with E-state index < -0.39 is 0 Å². The molecule has 3 heteroatoms. The third-order valence-electron chi connectivity index (χ3n) is 4.43. The molecule has 2 N–H and O–H groups in total. The minimum Gasteiger partial charge on any atom is -0.483 e. The molecular weight excluding hydrogens is 262 g/mol. The average molecular weight is 287 g/mol. The number of nitrogens with one attached hydrogen (secondary N) is 1. The van der Waals surface area contributed by atoms with E-state index in [0.717, 1.165) is 0 Å². The number of benzene rings is 1. The van der Waals surface area contributed by atoms with Crippen molar-refractivity contribution in [1.29, 1.82) is 0 Å². The van der Waals surface area contributed by atoms with Crippen LogP contribution in [-0.4, -0.2) is 24.2 Å². The highest BCUT2D eigenvalue weighted by atomic mass is 16.3. The SMILES string of the molecule is Cc1ccc(CC2NCCC3=C2CCCC3)cc1.O=CO. The number of hydrogen-bond donors (Lipinski definition) is 2. The molecule has 1 atom stereocenters. The van der Waals surface area contributed by atoms with Gasteiger partial charge in [-0.05, 0) is 57.6 Å². The topological polar surface area (TPSA) is 49.3 Å². The summed E-state index contributed by atoms with van der Waals surface area (Å²) in [5.41, 5.74) is 6.34. The second kappa shape index (κ2) is 7.99. The summed E-state index contributed by atoms with van der Waals surface area (Å²) in [6.45, 7) is 3.08. The third kappa shape index (κ3) is 4.43. The Kier molecular flexibility index (Phi) is 6.00. The first-order valence-electron chi connectivity index (χ1n) is 7.82. The summed E-state index contributed by atoms with van der Waals surface area (Å²) in [6, 6.07) is 9.64. The van der Waals surface area contributed by atoms with Crippen molar-refractivity contribution in [2.24, 2.45) is 0 Å². The fraction of sp³-hybridized carbons (Fsp3) is 0.500. The fourth-order valence-electron chi connectivity index (χ4n) is 3.37. The van der Waals surface area contributed by atoms with Crippen LogP contribution in [0.1, 0.15) is 43.2 Å². The molecule has 0 amide bonds. The Hall–Kier alpha value is -1.61. The highest BCUT2D eigenvalue weighted by Crippen LogP contribution is 2.32. The maximum atomic E-state index is 8.36. The van der Waals surface area contributed by atoms with Crippen LogP contribution in [0.25, 0.3) is 0 Å².